The van der Waals surface area contributed by atoms with Crippen LogP contribution in [0.2, 0.25) is 0 Å². The van der Waals surface area contributed by atoms with Crippen molar-refractivity contribution in [1.82, 2.24) is 10.2 Å². The average Bonchev–Trinajstić information content (AvgIpc) is 2.12. The van der Waals surface area contributed by atoms with E-state index in [-0.39, 0.29) is 25.5 Å². The van der Waals surface area contributed by atoms with Gasteiger partial charge in [-0.2, -0.15) is 0 Å². The summed E-state index contributed by atoms with van der Waals surface area (Å²) in [5, 5.41) is 2.54. The molecule has 2 amide bonds. The minimum Gasteiger partial charge on any atom is -0.369 e. The summed E-state index contributed by atoms with van der Waals surface area (Å²) in [7, 11) is 0. The first-order valence-electron chi connectivity index (χ1n) is 5.16. The lowest BCUT2D eigenvalue weighted by atomic mass is 10.2. The van der Waals surface area contributed by atoms with E-state index in [0.29, 0.717) is 12.5 Å². The first-order valence-corrected chi connectivity index (χ1v) is 5.16. The maximum absolute atomic E-state index is 11.4. The molecule has 0 aliphatic rings. The van der Waals surface area contributed by atoms with Crippen molar-refractivity contribution >= 4 is 11.8 Å². The van der Waals surface area contributed by atoms with E-state index in [0.717, 1.165) is 0 Å². The molecule has 0 radical (unpaired) electrons. The first-order chi connectivity index (χ1) is 7.45. The largest absolute Gasteiger partial charge is 0.369 e. The fourth-order valence-electron chi connectivity index (χ4n) is 1.33. The number of hydrogen-bond donors (Lipinski definition) is 2. The number of nitrogens with two attached hydrogens (primary N) is 1. The van der Waals surface area contributed by atoms with Gasteiger partial charge in [-0.15, -0.1) is 6.42 Å². The zero-order valence-corrected chi connectivity index (χ0v) is 9.82. The van der Waals surface area contributed by atoms with Crippen LogP contribution in [0.1, 0.15) is 13.8 Å². The summed E-state index contributed by atoms with van der Waals surface area (Å²) < 4.78 is 0. The molecule has 0 heterocycles. The molecule has 0 spiro atoms. The van der Waals surface area contributed by atoms with Crippen molar-refractivity contribution in [2.24, 2.45) is 11.7 Å². The highest BCUT2D eigenvalue weighted by Crippen LogP contribution is 1.97. The molecular formula is C11H19N3O2. The fraction of sp³-hybridized carbons (Fsp3) is 0.636. The van der Waals surface area contributed by atoms with E-state index in [4.69, 9.17) is 12.2 Å². The van der Waals surface area contributed by atoms with E-state index in [1.54, 1.807) is 4.90 Å². The van der Waals surface area contributed by atoms with Crippen LogP contribution in [0.3, 0.4) is 0 Å². The Morgan fingerprint density at radius 1 is 1.44 bits per heavy atom. The molecule has 3 N–H and O–H groups in total. The molecule has 90 valence electrons. The van der Waals surface area contributed by atoms with Crippen molar-refractivity contribution in [2.75, 3.05) is 26.2 Å². The van der Waals surface area contributed by atoms with E-state index in [1.165, 1.54) is 0 Å². The van der Waals surface area contributed by atoms with E-state index < -0.39 is 5.91 Å². The Labute approximate surface area is 96.4 Å². The second-order valence-corrected chi connectivity index (χ2v) is 4.01. The molecule has 5 heteroatoms. The van der Waals surface area contributed by atoms with Crippen LogP contribution in [-0.2, 0) is 9.59 Å². The molecule has 0 atom stereocenters. The number of amides is 2. The van der Waals surface area contributed by atoms with E-state index in [2.05, 4.69) is 11.2 Å². The highest BCUT2D eigenvalue weighted by atomic mass is 16.2. The Hall–Kier alpha value is -1.54. The van der Waals surface area contributed by atoms with Crippen LogP contribution >= 0.6 is 0 Å². The Balaban J connectivity index is 4.14. The standard InChI is InChI=1S/C11H19N3O2/c1-4-5-13-11(16)8-14(6-9(2)3)7-10(12)15/h1,9H,5-8H2,2-3H3,(H2,12,15)(H,13,16). The number of rotatable bonds is 7. The molecule has 0 aromatic carbocycles. The summed E-state index contributed by atoms with van der Waals surface area (Å²) >= 11 is 0. The Morgan fingerprint density at radius 3 is 2.50 bits per heavy atom. The van der Waals surface area contributed by atoms with E-state index in [1.807, 2.05) is 13.8 Å². The van der Waals surface area contributed by atoms with Crippen molar-refractivity contribution in [3.8, 4) is 12.3 Å². The van der Waals surface area contributed by atoms with Crippen LogP contribution in [0.4, 0.5) is 0 Å². The predicted octanol–water partition coefficient (Wildman–Crippen LogP) is -0.821. The number of terminal acetylenes is 1. The molecule has 0 fully saturated rings. The van der Waals surface area contributed by atoms with E-state index >= 15 is 0 Å². The number of nitrogens with one attached hydrogen (secondary N) is 1. The second kappa shape index (κ2) is 7.71. The number of primary amides is 1. The van der Waals surface area contributed by atoms with Crippen LogP contribution in [0.25, 0.3) is 0 Å². The van der Waals surface area contributed by atoms with Gasteiger partial charge in [0, 0.05) is 6.54 Å². The highest BCUT2D eigenvalue weighted by Gasteiger charge is 2.13. The van der Waals surface area contributed by atoms with Gasteiger partial charge < -0.3 is 11.1 Å². The molecule has 0 aromatic heterocycles. The summed E-state index contributed by atoms with van der Waals surface area (Å²) in [6.45, 7) is 5.09. The lowest BCUT2D eigenvalue weighted by molar-refractivity contribution is -0.123. The number of carbonyl (C=O) groups excluding carboxylic acids is 2. The molecule has 0 aliphatic heterocycles. The lowest BCUT2D eigenvalue weighted by Crippen LogP contribution is -2.43. The van der Waals surface area contributed by atoms with Crippen molar-refractivity contribution < 1.29 is 9.59 Å². The summed E-state index contributed by atoms with van der Waals surface area (Å²) in [6.07, 6.45) is 5.02. The third-order valence-electron chi connectivity index (χ3n) is 1.76. The predicted molar refractivity (Wildman–Crippen MR) is 62.3 cm³/mol. The molecule has 5 nitrogen and oxygen atoms in total. The van der Waals surface area contributed by atoms with Crippen molar-refractivity contribution in [2.45, 2.75) is 13.8 Å². The zero-order chi connectivity index (χ0) is 12.6. The topological polar surface area (TPSA) is 75.4 Å². The van der Waals surface area contributed by atoms with Crippen molar-refractivity contribution in [3.63, 3.8) is 0 Å². The maximum atomic E-state index is 11.4. The molecule has 0 aliphatic carbocycles. The number of nitrogens with zero attached hydrogens (tertiary/aromatic N) is 1. The molecule has 16 heavy (non-hydrogen) atoms. The number of carbonyl (C=O) groups is 2. The van der Waals surface area contributed by atoms with Gasteiger partial charge in [-0.25, -0.2) is 0 Å². The van der Waals surface area contributed by atoms with Gasteiger partial charge in [0.25, 0.3) is 0 Å². The SMILES string of the molecule is C#CCNC(=O)CN(CC(N)=O)CC(C)C. The van der Waals surface area contributed by atoms with Crippen LogP contribution < -0.4 is 11.1 Å². The summed E-state index contributed by atoms with van der Waals surface area (Å²) in [4.78, 5) is 23.9. The lowest BCUT2D eigenvalue weighted by Gasteiger charge is -2.21. The van der Waals surface area contributed by atoms with Crippen molar-refractivity contribution in [1.29, 1.82) is 0 Å². The maximum Gasteiger partial charge on any atom is 0.234 e. The molecule has 0 saturated heterocycles. The fourth-order valence-corrected chi connectivity index (χ4v) is 1.33. The number of hydrogen-bond acceptors (Lipinski definition) is 3. The van der Waals surface area contributed by atoms with Gasteiger partial charge in [-0.1, -0.05) is 19.8 Å². The van der Waals surface area contributed by atoms with Gasteiger partial charge in [-0.05, 0) is 5.92 Å². The monoisotopic (exact) mass is 225 g/mol. The van der Waals surface area contributed by atoms with Gasteiger partial charge in [0.15, 0.2) is 0 Å². The summed E-state index contributed by atoms with van der Waals surface area (Å²) in [5.74, 6) is 2.04. The third-order valence-corrected chi connectivity index (χ3v) is 1.76. The smallest absolute Gasteiger partial charge is 0.234 e. The van der Waals surface area contributed by atoms with Gasteiger partial charge in [0.1, 0.15) is 0 Å². The first kappa shape index (κ1) is 14.5. The van der Waals surface area contributed by atoms with Gasteiger partial charge >= 0.3 is 0 Å². The van der Waals surface area contributed by atoms with Crippen LogP contribution in [0.5, 0.6) is 0 Å². The quantitative estimate of drug-likeness (QED) is 0.556. The Morgan fingerprint density at radius 2 is 2.06 bits per heavy atom. The average molecular weight is 225 g/mol. The normalized spacial score (nSPS) is 10.2. The van der Waals surface area contributed by atoms with Gasteiger partial charge in [0.2, 0.25) is 11.8 Å². The molecule has 0 rings (SSSR count). The van der Waals surface area contributed by atoms with Crippen LogP contribution in [0, 0.1) is 18.3 Å². The Kier molecular flexibility index (Phi) is 6.97. The zero-order valence-electron chi connectivity index (χ0n) is 9.82. The highest BCUT2D eigenvalue weighted by molar-refractivity contribution is 5.80. The summed E-state index contributed by atoms with van der Waals surface area (Å²) in [6, 6.07) is 0. The third kappa shape index (κ3) is 7.83. The van der Waals surface area contributed by atoms with Crippen LogP contribution in [-0.4, -0.2) is 42.9 Å². The van der Waals surface area contributed by atoms with Gasteiger partial charge in [0.05, 0.1) is 19.6 Å². The summed E-state index contributed by atoms with van der Waals surface area (Å²) in [5.41, 5.74) is 5.10. The molecule has 0 unspecified atom stereocenters. The second-order valence-electron chi connectivity index (χ2n) is 4.01. The molecule has 0 aromatic rings. The van der Waals surface area contributed by atoms with Crippen LogP contribution in [0.15, 0.2) is 0 Å². The Bertz CT molecular complexity index is 281. The van der Waals surface area contributed by atoms with Gasteiger partial charge in [-0.3, -0.25) is 14.5 Å². The minimum atomic E-state index is -0.439. The van der Waals surface area contributed by atoms with E-state index in [9.17, 15) is 9.59 Å². The molecule has 0 saturated carbocycles. The van der Waals surface area contributed by atoms with Crippen molar-refractivity contribution in [3.05, 3.63) is 0 Å². The molecular weight excluding hydrogens is 206 g/mol. The molecule has 0 bridgehead atoms. The minimum absolute atomic E-state index is 0.0850.